The Morgan fingerprint density at radius 3 is 2.95 bits per heavy atom. The molecule has 6 heteroatoms. The first-order chi connectivity index (χ1) is 10.3. The Morgan fingerprint density at radius 1 is 1.24 bits per heavy atom. The van der Waals surface area contributed by atoms with Gasteiger partial charge in [0, 0.05) is 6.20 Å². The fourth-order valence-electron chi connectivity index (χ4n) is 1.80. The Kier molecular flexibility index (Phi) is 3.77. The van der Waals surface area contributed by atoms with Crippen LogP contribution in [0, 0.1) is 0 Å². The predicted octanol–water partition coefficient (Wildman–Crippen LogP) is 1.92. The molecule has 1 aromatic carbocycles. The van der Waals surface area contributed by atoms with E-state index in [1.54, 1.807) is 24.5 Å². The summed E-state index contributed by atoms with van der Waals surface area (Å²) in [5.74, 6) is 0.765. The zero-order chi connectivity index (χ0) is 14.5. The van der Waals surface area contributed by atoms with E-state index in [0.717, 1.165) is 5.52 Å². The maximum atomic E-state index is 11.7. The van der Waals surface area contributed by atoms with Crippen LogP contribution in [0.15, 0.2) is 53.2 Å². The van der Waals surface area contributed by atoms with Crippen molar-refractivity contribution < 1.29 is 13.9 Å². The second kappa shape index (κ2) is 6.04. The molecule has 0 atom stereocenters. The van der Waals surface area contributed by atoms with Gasteiger partial charge in [0.2, 0.25) is 5.89 Å². The molecule has 0 unspecified atom stereocenters. The van der Waals surface area contributed by atoms with Crippen LogP contribution in [0.5, 0.6) is 5.75 Å². The fourth-order valence-corrected chi connectivity index (χ4v) is 1.80. The second-order valence-electron chi connectivity index (χ2n) is 4.33. The van der Waals surface area contributed by atoms with Crippen LogP contribution in [0.25, 0.3) is 11.1 Å². The zero-order valence-corrected chi connectivity index (χ0v) is 11.2. The molecule has 0 saturated carbocycles. The van der Waals surface area contributed by atoms with Crippen molar-refractivity contribution >= 4 is 17.0 Å². The largest absolute Gasteiger partial charge is 0.482 e. The lowest BCUT2D eigenvalue weighted by Gasteiger charge is -2.05. The number of rotatable bonds is 5. The number of aromatic nitrogens is 2. The monoisotopic (exact) mass is 283 g/mol. The topological polar surface area (TPSA) is 77.2 Å². The Morgan fingerprint density at radius 2 is 2.14 bits per heavy atom. The van der Waals surface area contributed by atoms with Crippen LogP contribution < -0.4 is 10.1 Å². The molecule has 0 aliphatic rings. The summed E-state index contributed by atoms with van der Waals surface area (Å²) in [7, 11) is 0. The van der Waals surface area contributed by atoms with Crippen LogP contribution in [0.2, 0.25) is 0 Å². The van der Waals surface area contributed by atoms with E-state index < -0.39 is 0 Å². The van der Waals surface area contributed by atoms with Gasteiger partial charge in [-0.05, 0) is 24.3 Å². The van der Waals surface area contributed by atoms with E-state index in [0.29, 0.717) is 17.2 Å². The molecule has 0 radical (unpaired) electrons. The van der Waals surface area contributed by atoms with E-state index in [1.165, 1.54) is 0 Å². The molecular weight excluding hydrogens is 270 g/mol. The van der Waals surface area contributed by atoms with Gasteiger partial charge in [-0.25, -0.2) is 4.98 Å². The van der Waals surface area contributed by atoms with E-state index in [1.807, 2.05) is 24.3 Å². The van der Waals surface area contributed by atoms with E-state index in [9.17, 15) is 4.79 Å². The predicted molar refractivity (Wildman–Crippen MR) is 75.6 cm³/mol. The van der Waals surface area contributed by atoms with Crippen LogP contribution >= 0.6 is 0 Å². The highest BCUT2D eigenvalue weighted by atomic mass is 16.5. The lowest BCUT2D eigenvalue weighted by Crippen LogP contribution is -2.28. The maximum Gasteiger partial charge on any atom is 0.258 e. The van der Waals surface area contributed by atoms with E-state index in [2.05, 4.69) is 15.3 Å². The average Bonchev–Trinajstić information content (AvgIpc) is 2.95. The third kappa shape index (κ3) is 3.36. The van der Waals surface area contributed by atoms with Crippen LogP contribution in [0.4, 0.5) is 0 Å². The number of hydrogen-bond donors (Lipinski definition) is 1. The first-order valence-electron chi connectivity index (χ1n) is 6.45. The maximum absolute atomic E-state index is 11.7. The number of carbonyl (C=O) groups excluding carboxylic acids is 1. The van der Waals surface area contributed by atoms with Crippen molar-refractivity contribution in [2.45, 2.75) is 6.54 Å². The van der Waals surface area contributed by atoms with Crippen molar-refractivity contribution in [1.82, 2.24) is 15.3 Å². The number of fused-ring (bicyclic) bond motifs is 1. The molecule has 0 spiro atoms. The molecule has 0 bridgehead atoms. The molecular formula is C15H13N3O3. The van der Waals surface area contributed by atoms with Crippen molar-refractivity contribution in [3.8, 4) is 5.75 Å². The minimum Gasteiger partial charge on any atom is -0.482 e. The fraction of sp³-hybridized carbons (Fsp3) is 0.133. The molecule has 1 N–H and O–H groups in total. The van der Waals surface area contributed by atoms with Crippen LogP contribution in [0.3, 0.4) is 0 Å². The summed E-state index contributed by atoms with van der Waals surface area (Å²) < 4.78 is 10.8. The van der Waals surface area contributed by atoms with Crippen molar-refractivity contribution in [3.05, 3.63) is 54.7 Å². The standard InChI is InChI=1S/C15H13N3O3/c19-14(10-20-11-4-3-7-16-8-11)17-9-15-18-12-5-1-2-6-13(12)21-15/h1-8H,9-10H2,(H,17,19). The highest BCUT2D eigenvalue weighted by Gasteiger charge is 2.07. The van der Waals surface area contributed by atoms with E-state index in [4.69, 9.17) is 9.15 Å². The SMILES string of the molecule is O=C(COc1cccnc1)NCc1nc2ccccc2o1. The number of pyridine rings is 1. The molecule has 0 saturated heterocycles. The summed E-state index contributed by atoms with van der Waals surface area (Å²) in [6, 6.07) is 10.9. The van der Waals surface area contributed by atoms with Gasteiger partial charge in [0.25, 0.3) is 5.91 Å². The van der Waals surface area contributed by atoms with Gasteiger partial charge in [0.05, 0.1) is 12.7 Å². The Hall–Kier alpha value is -2.89. The molecule has 0 aliphatic heterocycles. The molecule has 0 fully saturated rings. The van der Waals surface area contributed by atoms with Gasteiger partial charge in [-0.15, -0.1) is 0 Å². The lowest BCUT2D eigenvalue weighted by molar-refractivity contribution is -0.123. The number of carbonyl (C=O) groups is 1. The first kappa shape index (κ1) is 13.1. The summed E-state index contributed by atoms with van der Waals surface area (Å²) in [6.45, 7) is 0.149. The van der Waals surface area contributed by atoms with Gasteiger partial charge in [-0.3, -0.25) is 9.78 Å². The molecule has 3 rings (SSSR count). The minimum absolute atomic E-state index is 0.0775. The quantitative estimate of drug-likeness (QED) is 0.774. The van der Waals surface area contributed by atoms with Gasteiger partial charge in [0.15, 0.2) is 12.2 Å². The van der Waals surface area contributed by atoms with Gasteiger partial charge in [-0.1, -0.05) is 12.1 Å². The van der Waals surface area contributed by atoms with Crippen molar-refractivity contribution in [2.24, 2.45) is 0 Å². The smallest absolute Gasteiger partial charge is 0.258 e. The third-order valence-electron chi connectivity index (χ3n) is 2.78. The number of oxazole rings is 1. The number of ether oxygens (including phenoxy) is 1. The zero-order valence-electron chi connectivity index (χ0n) is 11.2. The summed E-state index contributed by atoms with van der Waals surface area (Å²) in [5.41, 5.74) is 1.47. The Bertz CT molecular complexity index is 707. The second-order valence-corrected chi connectivity index (χ2v) is 4.33. The van der Waals surface area contributed by atoms with Gasteiger partial charge < -0.3 is 14.5 Å². The number of hydrogen-bond acceptors (Lipinski definition) is 5. The third-order valence-corrected chi connectivity index (χ3v) is 2.78. The van der Waals surface area contributed by atoms with Crippen molar-refractivity contribution in [1.29, 1.82) is 0 Å². The number of nitrogens with one attached hydrogen (secondary N) is 1. The van der Waals surface area contributed by atoms with Gasteiger partial charge in [-0.2, -0.15) is 0 Å². The van der Waals surface area contributed by atoms with Gasteiger partial charge >= 0.3 is 0 Å². The Balaban J connectivity index is 1.51. The summed E-state index contributed by atoms with van der Waals surface area (Å²) >= 11 is 0. The summed E-state index contributed by atoms with van der Waals surface area (Å²) in [4.78, 5) is 19.8. The number of benzene rings is 1. The number of para-hydroxylation sites is 2. The van der Waals surface area contributed by atoms with Crippen molar-refractivity contribution in [2.75, 3.05) is 6.61 Å². The molecule has 6 nitrogen and oxygen atoms in total. The summed E-state index contributed by atoms with van der Waals surface area (Å²) in [5, 5.41) is 2.69. The normalized spacial score (nSPS) is 10.5. The Labute approximate surface area is 120 Å². The lowest BCUT2D eigenvalue weighted by atomic mass is 10.3. The first-order valence-corrected chi connectivity index (χ1v) is 6.45. The molecule has 21 heavy (non-hydrogen) atoms. The van der Waals surface area contributed by atoms with Crippen LogP contribution in [0.1, 0.15) is 5.89 Å². The average molecular weight is 283 g/mol. The molecule has 2 aromatic heterocycles. The molecule has 3 aromatic rings. The molecule has 106 valence electrons. The van der Waals surface area contributed by atoms with E-state index in [-0.39, 0.29) is 19.1 Å². The molecule has 2 heterocycles. The molecule has 1 amide bonds. The summed E-state index contributed by atoms with van der Waals surface area (Å²) in [6.07, 6.45) is 3.19. The highest BCUT2D eigenvalue weighted by molar-refractivity contribution is 5.77. The van der Waals surface area contributed by atoms with E-state index >= 15 is 0 Å². The minimum atomic E-state index is -0.249. The van der Waals surface area contributed by atoms with Crippen LogP contribution in [-0.2, 0) is 11.3 Å². The molecule has 0 aliphatic carbocycles. The van der Waals surface area contributed by atoms with Crippen molar-refractivity contribution in [3.63, 3.8) is 0 Å². The highest BCUT2D eigenvalue weighted by Crippen LogP contribution is 2.14. The number of amides is 1. The van der Waals surface area contributed by atoms with Crippen LogP contribution in [-0.4, -0.2) is 22.5 Å². The number of nitrogens with zero attached hydrogens (tertiary/aromatic N) is 2. The van der Waals surface area contributed by atoms with Gasteiger partial charge in [0.1, 0.15) is 11.3 Å².